The summed E-state index contributed by atoms with van der Waals surface area (Å²) < 4.78 is 5.42. The molecule has 1 aromatic carbocycles. The topological polar surface area (TPSA) is 50.4 Å². The van der Waals surface area contributed by atoms with Gasteiger partial charge in [-0.3, -0.25) is 10.2 Å². The van der Waals surface area contributed by atoms with E-state index in [1.54, 1.807) is 18.9 Å². The van der Waals surface area contributed by atoms with Gasteiger partial charge in [0.05, 0.1) is 13.2 Å². The third-order valence-electron chi connectivity index (χ3n) is 3.74. The molecule has 0 saturated carbocycles. The van der Waals surface area contributed by atoms with Gasteiger partial charge in [0.1, 0.15) is 5.75 Å². The fraction of sp³-hybridized carbons (Fsp3) is 0.438. The maximum absolute atomic E-state index is 11.3. The van der Waals surface area contributed by atoms with E-state index in [9.17, 15) is 4.79 Å². The molecule has 0 aliphatic carbocycles. The number of hydrogen-bond donors (Lipinski definition) is 2. The molecule has 2 unspecified atom stereocenters. The molecule has 0 spiro atoms. The Balaban J connectivity index is 2.20. The van der Waals surface area contributed by atoms with Gasteiger partial charge in [-0.25, -0.2) is 5.43 Å². The van der Waals surface area contributed by atoms with Crippen molar-refractivity contribution in [3.05, 3.63) is 29.3 Å². The fourth-order valence-corrected chi connectivity index (χ4v) is 3.17. The van der Waals surface area contributed by atoms with Gasteiger partial charge in [-0.15, -0.1) is 11.8 Å². The summed E-state index contributed by atoms with van der Waals surface area (Å²) in [6.07, 6.45) is 4.73. The summed E-state index contributed by atoms with van der Waals surface area (Å²) in [5.41, 5.74) is 8.10. The Labute approximate surface area is 130 Å². The van der Waals surface area contributed by atoms with Crippen LogP contribution in [0.1, 0.15) is 25.8 Å². The van der Waals surface area contributed by atoms with Crippen LogP contribution < -0.4 is 15.6 Å². The molecule has 1 heterocycles. The van der Waals surface area contributed by atoms with Crippen LogP contribution in [0.25, 0.3) is 6.08 Å². The van der Waals surface area contributed by atoms with E-state index in [-0.39, 0.29) is 17.9 Å². The van der Waals surface area contributed by atoms with Crippen molar-refractivity contribution in [1.82, 2.24) is 10.9 Å². The van der Waals surface area contributed by atoms with Crippen molar-refractivity contribution in [2.24, 2.45) is 5.92 Å². The highest BCUT2D eigenvalue weighted by Crippen LogP contribution is 2.29. The third kappa shape index (κ3) is 3.80. The highest BCUT2D eigenvalue weighted by molar-refractivity contribution is 7.98. The predicted octanol–water partition coefficient (Wildman–Crippen LogP) is 2.85. The van der Waals surface area contributed by atoms with Crippen LogP contribution in [0.5, 0.6) is 5.75 Å². The number of carbonyl (C=O) groups excluding carboxylic acids is 1. The van der Waals surface area contributed by atoms with E-state index >= 15 is 0 Å². The second-order valence-corrected chi connectivity index (χ2v) is 6.20. The second kappa shape index (κ2) is 7.00. The summed E-state index contributed by atoms with van der Waals surface area (Å²) in [5, 5.41) is 0. The van der Waals surface area contributed by atoms with Gasteiger partial charge >= 0.3 is 0 Å². The van der Waals surface area contributed by atoms with Crippen LogP contribution in [0.4, 0.5) is 0 Å². The van der Waals surface area contributed by atoms with E-state index in [0.717, 1.165) is 16.2 Å². The number of thioether (sulfide) groups is 1. The Morgan fingerprint density at radius 3 is 2.86 bits per heavy atom. The van der Waals surface area contributed by atoms with Crippen molar-refractivity contribution in [2.75, 3.05) is 13.4 Å². The molecule has 21 heavy (non-hydrogen) atoms. The molecule has 0 aromatic heterocycles. The van der Waals surface area contributed by atoms with E-state index in [1.165, 1.54) is 5.57 Å². The largest absolute Gasteiger partial charge is 0.496 e. The zero-order valence-corrected chi connectivity index (χ0v) is 13.7. The van der Waals surface area contributed by atoms with E-state index in [4.69, 9.17) is 4.74 Å². The van der Waals surface area contributed by atoms with Crippen LogP contribution >= 0.6 is 11.8 Å². The molecule has 1 saturated heterocycles. The summed E-state index contributed by atoms with van der Waals surface area (Å²) in [7, 11) is 1.69. The Morgan fingerprint density at radius 1 is 1.48 bits per heavy atom. The first-order valence-electron chi connectivity index (χ1n) is 6.99. The van der Waals surface area contributed by atoms with Crippen molar-refractivity contribution in [3.8, 4) is 5.75 Å². The van der Waals surface area contributed by atoms with E-state index in [1.807, 2.05) is 12.3 Å². The van der Waals surface area contributed by atoms with Gasteiger partial charge < -0.3 is 4.74 Å². The Kier molecular flexibility index (Phi) is 5.31. The molecule has 1 aliphatic heterocycles. The first-order valence-corrected chi connectivity index (χ1v) is 8.22. The normalized spacial score (nSPS) is 22.9. The summed E-state index contributed by atoms with van der Waals surface area (Å²) >= 11 is 1.67. The number of hydrazine groups is 1. The predicted molar refractivity (Wildman–Crippen MR) is 87.3 cm³/mol. The van der Waals surface area contributed by atoms with Crippen LogP contribution in [0.2, 0.25) is 0 Å². The number of carbonyl (C=O) groups is 1. The smallest absolute Gasteiger partial charge is 0.234 e. The molecule has 1 fully saturated rings. The Hall–Kier alpha value is -1.46. The van der Waals surface area contributed by atoms with Crippen molar-refractivity contribution >= 4 is 23.7 Å². The molecule has 2 N–H and O–H groups in total. The summed E-state index contributed by atoms with van der Waals surface area (Å²) in [6, 6.07) is 6.36. The fourth-order valence-electron chi connectivity index (χ4n) is 2.62. The number of nitrogens with one attached hydrogen (secondary N) is 2. The average molecular weight is 306 g/mol. The number of rotatable bonds is 4. The zero-order valence-electron chi connectivity index (χ0n) is 12.9. The molecule has 0 bridgehead atoms. The van der Waals surface area contributed by atoms with Crippen molar-refractivity contribution in [2.45, 2.75) is 31.2 Å². The highest BCUT2D eigenvalue weighted by atomic mass is 32.2. The van der Waals surface area contributed by atoms with Crippen LogP contribution in [-0.4, -0.2) is 25.3 Å². The monoisotopic (exact) mass is 306 g/mol. The Morgan fingerprint density at radius 2 is 2.24 bits per heavy atom. The van der Waals surface area contributed by atoms with Crippen LogP contribution in [-0.2, 0) is 4.79 Å². The molecule has 5 heteroatoms. The summed E-state index contributed by atoms with van der Waals surface area (Å²) in [5.74, 6) is 1.22. The van der Waals surface area contributed by atoms with E-state index in [2.05, 4.69) is 42.9 Å². The molecule has 0 radical (unpaired) electrons. The number of benzene rings is 1. The minimum absolute atomic E-state index is 0.0533. The highest BCUT2D eigenvalue weighted by Gasteiger charge is 2.26. The number of ether oxygens (including phenoxy) is 1. The van der Waals surface area contributed by atoms with Gasteiger partial charge in [0, 0.05) is 11.3 Å². The quantitative estimate of drug-likeness (QED) is 0.840. The molecule has 2 atom stereocenters. The lowest BCUT2D eigenvalue weighted by molar-refractivity contribution is -0.125. The second-order valence-electron chi connectivity index (χ2n) is 5.35. The van der Waals surface area contributed by atoms with E-state index in [0.29, 0.717) is 6.42 Å². The lowest BCUT2D eigenvalue weighted by Gasteiger charge is -2.30. The van der Waals surface area contributed by atoms with Gasteiger partial charge in [-0.2, -0.15) is 0 Å². The molecule has 2 rings (SSSR count). The maximum atomic E-state index is 11.3. The SMILES string of the molecule is COc1cc(/C=C(\C)C2NNC(=O)CC2C)ccc1SC. The molecule has 4 nitrogen and oxygen atoms in total. The van der Waals surface area contributed by atoms with Crippen molar-refractivity contribution < 1.29 is 9.53 Å². The van der Waals surface area contributed by atoms with Crippen molar-refractivity contribution in [3.63, 3.8) is 0 Å². The van der Waals surface area contributed by atoms with Crippen LogP contribution in [0, 0.1) is 5.92 Å². The van der Waals surface area contributed by atoms with Gasteiger partial charge in [0.2, 0.25) is 5.91 Å². The average Bonchev–Trinajstić information content (AvgIpc) is 2.46. The van der Waals surface area contributed by atoms with Gasteiger partial charge in [0.15, 0.2) is 0 Å². The first-order chi connectivity index (χ1) is 10.0. The van der Waals surface area contributed by atoms with Crippen LogP contribution in [0.3, 0.4) is 0 Å². The first kappa shape index (κ1) is 15.9. The molecular formula is C16H22N2O2S. The van der Waals surface area contributed by atoms with E-state index < -0.39 is 0 Å². The summed E-state index contributed by atoms with van der Waals surface area (Å²) in [4.78, 5) is 12.5. The molecule has 1 aliphatic rings. The Bertz CT molecular complexity index is 557. The van der Waals surface area contributed by atoms with Gasteiger partial charge in [-0.05, 0) is 36.8 Å². The maximum Gasteiger partial charge on any atom is 0.234 e. The van der Waals surface area contributed by atoms with Gasteiger partial charge in [-0.1, -0.05) is 24.6 Å². The lowest BCUT2D eigenvalue weighted by atomic mass is 9.90. The number of hydrogen-bond acceptors (Lipinski definition) is 4. The standard InChI is InChI=1S/C16H22N2O2S/c1-10(16-11(2)8-15(19)17-18-16)7-12-5-6-14(21-4)13(9-12)20-3/h5-7,9,11,16,18H,8H2,1-4H3,(H,17,19)/b10-7+. The zero-order chi connectivity index (χ0) is 15.4. The molecular weight excluding hydrogens is 284 g/mol. The minimum Gasteiger partial charge on any atom is -0.496 e. The van der Waals surface area contributed by atoms with Crippen LogP contribution in [0.15, 0.2) is 28.7 Å². The summed E-state index contributed by atoms with van der Waals surface area (Å²) in [6.45, 7) is 4.17. The number of amides is 1. The molecule has 114 valence electrons. The lowest BCUT2D eigenvalue weighted by Crippen LogP contribution is -2.53. The molecule has 1 amide bonds. The van der Waals surface area contributed by atoms with Gasteiger partial charge in [0.25, 0.3) is 0 Å². The third-order valence-corrected chi connectivity index (χ3v) is 4.51. The van der Waals surface area contributed by atoms with Crippen molar-refractivity contribution in [1.29, 1.82) is 0 Å². The molecule has 1 aromatic rings. The minimum atomic E-state index is 0.0533. The number of methoxy groups -OCH3 is 1.